The Morgan fingerprint density at radius 1 is 1.41 bits per heavy atom. The predicted octanol–water partition coefficient (Wildman–Crippen LogP) is 1.41. The van der Waals surface area contributed by atoms with Gasteiger partial charge in [0.2, 0.25) is 5.95 Å². The molecule has 2 rings (SSSR count). The van der Waals surface area contributed by atoms with Gasteiger partial charge >= 0.3 is 0 Å². The standard InChI is InChI=1S/C12H21N5/c1-10(17-7-3-4-8-17)9-15-11-5-6-14-12(13-2)16-11/h5-6,10H,3-4,7-9H2,1-2H3,(H2,13,14,15,16). The third-order valence-electron chi connectivity index (χ3n) is 3.22. The molecule has 1 fully saturated rings. The Morgan fingerprint density at radius 3 is 2.88 bits per heavy atom. The molecule has 0 radical (unpaired) electrons. The number of anilines is 2. The lowest BCUT2D eigenvalue weighted by Gasteiger charge is -2.24. The largest absolute Gasteiger partial charge is 0.368 e. The first kappa shape index (κ1) is 12.1. The Labute approximate surface area is 103 Å². The van der Waals surface area contributed by atoms with Crippen LogP contribution in [0.25, 0.3) is 0 Å². The summed E-state index contributed by atoms with van der Waals surface area (Å²) < 4.78 is 0. The second kappa shape index (κ2) is 5.82. The van der Waals surface area contributed by atoms with Crippen LogP contribution >= 0.6 is 0 Å². The molecule has 1 aromatic rings. The Kier molecular flexibility index (Phi) is 4.14. The van der Waals surface area contributed by atoms with E-state index >= 15 is 0 Å². The van der Waals surface area contributed by atoms with Gasteiger partial charge in [-0.2, -0.15) is 4.98 Å². The van der Waals surface area contributed by atoms with E-state index < -0.39 is 0 Å². The summed E-state index contributed by atoms with van der Waals surface area (Å²) in [7, 11) is 1.83. The van der Waals surface area contributed by atoms with Gasteiger partial charge in [-0.25, -0.2) is 4.98 Å². The van der Waals surface area contributed by atoms with E-state index in [2.05, 4.69) is 32.4 Å². The topological polar surface area (TPSA) is 53.1 Å². The molecule has 1 aromatic heterocycles. The second-order valence-electron chi connectivity index (χ2n) is 4.49. The number of aromatic nitrogens is 2. The van der Waals surface area contributed by atoms with Crippen molar-refractivity contribution in [2.75, 3.05) is 37.3 Å². The minimum Gasteiger partial charge on any atom is -0.368 e. The molecule has 5 heteroatoms. The van der Waals surface area contributed by atoms with Gasteiger partial charge in [0.15, 0.2) is 0 Å². The molecular weight excluding hydrogens is 214 g/mol. The molecule has 0 aliphatic carbocycles. The van der Waals surface area contributed by atoms with E-state index in [1.54, 1.807) is 6.20 Å². The van der Waals surface area contributed by atoms with Crippen molar-refractivity contribution < 1.29 is 0 Å². The average molecular weight is 235 g/mol. The number of hydrogen-bond acceptors (Lipinski definition) is 5. The highest BCUT2D eigenvalue weighted by Gasteiger charge is 2.17. The Bertz CT molecular complexity index is 349. The van der Waals surface area contributed by atoms with Crippen LogP contribution in [0.15, 0.2) is 12.3 Å². The third-order valence-corrected chi connectivity index (χ3v) is 3.22. The molecule has 0 saturated carbocycles. The molecule has 2 N–H and O–H groups in total. The first-order valence-electron chi connectivity index (χ1n) is 6.28. The molecule has 94 valence electrons. The molecule has 2 heterocycles. The lowest BCUT2D eigenvalue weighted by molar-refractivity contribution is 0.269. The van der Waals surface area contributed by atoms with Crippen LogP contribution in [-0.4, -0.2) is 47.6 Å². The van der Waals surface area contributed by atoms with E-state index in [0.29, 0.717) is 12.0 Å². The molecule has 0 bridgehead atoms. The van der Waals surface area contributed by atoms with Crippen LogP contribution in [0.1, 0.15) is 19.8 Å². The zero-order valence-corrected chi connectivity index (χ0v) is 10.6. The van der Waals surface area contributed by atoms with Crippen LogP contribution in [0.4, 0.5) is 11.8 Å². The maximum absolute atomic E-state index is 4.34. The number of likely N-dealkylation sites (tertiary alicyclic amines) is 1. The van der Waals surface area contributed by atoms with Gasteiger partial charge in [-0.15, -0.1) is 0 Å². The fourth-order valence-corrected chi connectivity index (χ4v) is 2.14. The highest BCUT2D eigenvalue weighted by Crippen LogP contribution is 2.12. The van der Waals surface area contributed by atoms with Gasteiger partial charge in [-0.05, 0) is 38.9 Å². The van der Waals surface area contributed by atoms with Crippen molar-refractivity contribution >= 4 is 11.8 Å². The van der Waals surface area contributed by atoms with Gasteiger partial charge in [-0.1, -0.05) is 0 Å². The van der Waals surface area contributed by atoms with Crippen molar-refractivity contribution in [3.8, 4) is 0 Å². The zero-order valence-electron chi connectivity index (χ0n) is 10.6. The van der Waals surface area contributed by atoms with Crippen molar-refractivity contribution in [1.29, 1.82) is 0 Å². The molecule has 1 atom stereocenters. The van der Waals surface area contributed by atoms with Gasteiger partial charge < -0.3 is 10.6 Å². The SMILES string of the molecule is CNc1nccc(NCC(C)N2CCCC2)n1. The van der Waals surface area contributed by atoms with E-state index in [0.717, 1.165) is 12.4 Å². The van der Waals surface area contributed by atoms with Crippen LogP contribution in [-0.2, 0) is 0 Å². The van der Waals surface area contributed by atoms with E-state index in [-0.39, 0.29) is 0 Å². The molecule has 1 aliphatic heterocycles. The molecular formula is C12H21N5. The summed E-state index contributed by atoms with van der Waals surface area (Å²) in [4.78, 5) is 10.9. The Balaban J connectivity index is 1.83. The van der Waals surface area contributed by atoms with Gasteiger partial charge in [0.25, 0.3) is 0 Å². The zero-order chi connectivity index (χ0) is 12.1. The highest BCUT2D eigenvalue weighted by molar-refractivity contribution is 5.39. The molecule has 1 unspecified atom stereocenters. The van der Waals surface area contributed by atoms with Crippen molar-refractivity contribution in [3.05, 3.63) is 12.3 Å². The predicted molar refractivity (Wildman–Crippen MR) is 70.3 cm³/mol. The third kappa shape index (κ3) is 3.30. The summed E-state index contributed by atoms with van der Waals surface area (Å²) in [6.07, 6.45) is 4.44. The average Bonchev–Trinajstić information content (AvgIpc) is 2.90. The first-order chi connectivity index (χ1) is 8.29. The fraction of sp³-hybridized carbons (Fsp3) is 0.667. The summed E-state index contributed by atoms with van der Waals surface area (Å²) in [5, 5.41) is 6.30. The summed E-state index contributed by atoms with van der Waals surface area (Å²) in [5.41, 5.74) is 0. The quantitative estimate of drug-likeness (QED) is 0.808. The maximum Gasteiger partial charge on any atom is 0.224 e. The van der Waals surface area contributed by atoms with E-state index in [1.165, 1.54) is 25.9 Å². The van der Waals surface area contributed by atoms with Gasteiger partial charge in [0, 0.05) is 25.8 Å². The summed E-state index contributed by atoms with van der Waals surface area (Å²) in [6, 6.07) is 2.46. The smallest absolute Gasteiger partial charge is 0.224 e. The number of nitrogens with zero attached hydrogens (tertiary/aromatic N) is 3. The highest BCUT2D eigenvalue weighted by atomic mass is 15.2. The molecule has 1 aliphatic rings. The van der Waals surface area contributed by atoms with E-state index in [9.17, 15) is 0 Å². The summed E-state index contributed by atoms with van der Waals surface area (Å²) in [6.45, 7) is 5.65. The minimum absolute atomic E-state index is 0.561. The lowest BCUT2D eigenvalue weighted by Crippen LogP contribution is -2.35. The van der Waals surface area contributed by atoms with Gasteiger partial charge in [-0.3, -0.25) is 4.90 Å². The minimum atomic E-state index is 0.561. The van der Waals surface area contributed by atoms with Crippen molar-refractivity contribution in [2.45, 2.75) is 25.8 Å². The van der Waals surface area contributed by atoms with Crippen LogP contribution in [0.3, 0.4) is 0 Å². The van der Waals surface area contributed by atoms with Crippen LogP contribution in [0.2, 0.25) is 0 Å². The van der Waals surface area contributed by atoms with E-state index in [1.807, 2.05) is 13.1 Å². The maximum atomic E-state index is 4.34. The number of hydrogen-bond donors (Lipinski definition) is 2. The Hall–Kier alpha value is -1.36. The first-order valence-corrected chi connectivity index (χ1v) is 6.28. The van der Waals surface area contributed by atoms with Gasteiger partial charge in [0.05, 0.1) is 0 Å². The number of rotatable bonds is 5. The van der Waals surface area contributed by atoms with Crippen molar-refractivity contribution in [2.24, 2.45) is 0 Å². The molecule has 17 heavy (non-hydrogen) atoms. The Morgan fingerprint density at radius 2 is 2.18 bits per heavy atom. The number of nitrogens with one attached hydrogen (secondary N) is 2. The molecule has 0 spiro atoms. The van der Waals surface area contributed by atoms with Crippen LogP contribution in [0.5, 0.6) is 0 Å². The molecule has 5 nitrogen and oxygen atoms in total. The molecule has 0 aromatic carbocycles. The lowest BCUT2D eigenvalue weighted by atomic mass is 10.3. The van der Waals surface area contributed by atoms with Gasteiger partial charge in [0.1, 0.15) is 5.82 Å². The normalized spacial score (nSPS) is 18.0. The van der Waals surface area contributed by atoms with Crippen LogP contribution in [0, 0.1) is 0 Å². The van der Waals surface area contributed by atoms with Crippen molar-refractivity contribution in [1.82, 2.24) is 14.9 Å². The fourth-order valence-electron chi connectivity index (χ4n) is 2.14. The monoisotopic (exact) mass is 235 g/mol. The second-order valence-corrected chi connectivity index (χ2v) is 4.49. The molecule has 1 saturated heterocycles. The van der Waals surface area contributed by atoms with Crippen LogP contribution < -0.4 is 10.6 Å². The summed E-state index contributed by atoms with van der Waals surface area (Å²) in [5.74, 6) is 1.54. The molecule has 0 amide bonds. The van der Waals surface area contributed by atoms with Crippen molar-refractivity contribution in [3.63, 3.8) is 0 Å². The van der Waals surface area contributed by atoms with E-state index in [4.69, 9.17) is 0 Å². The summed E-state index contributed by atoms with van der Waals surface area (Å²) >= 11 is 0.